The Morgan fingerprint density at radius 1 is 1.00 bits per heavy atom. The number of nitrogens with zero attached hydrogens (tertiary/aromatic N) is 2. The Kier molecular flexibility index (Phi) is 5.89. The van der Waals surface area contributed by atoms with Crippen LogP contribution in [-0.4, -0.2) is 10.2 Å². The summed E-state index contributed by atoms with van der Waals surface area (Å²) in [6.45, 7) is 8.41. The van der Waals surface area contributed by atoms with Crippen LogP contribution in [0.4, 0.5) is 0 Å². The molecule has 2 atom stereocenters. The Bertz CT molecular complexity index is 656. The maximum absolute atomic E-state index is 5.58. The molecule has 25 heavy (non-hydrogen) atoms. The van der Waals surface area contributed by atoms with E-state index in [1.165, 1.54) is 43.2 Å². The SMILES string of the molecule is Cc1nnc([C@@H](C)N[C@H](c2ccc(C3CCCCC3)cc2)C(C)C)o1. The molecule has 4 heteroatoms. The lowest BCUT2D eigenvalue weighted by Crippen LogP contribution is -2.28. The number of aromatic nitrogens is 2. The number of benzene rings is 1. The maximum atomic E-state index is 5.58. The van der Waals surface area contributed by atoms with E-state index in [0.29, 0.717) is 17.7 Å². The Morgan fingerprint density at radius 3 is 2.24 bits per heavy atom. The van der Waals surface area contributed by atoms with Gasteiger partial charge in [0.1, 0.15) is 0 Å². The summed E-state index contributed by atoms with van der Waals surface area (Å²) in [5.74, 6) is 2.50. The largest absolute Gasteiger partial charge is 0.424 e. The molecule has 0 radical (unpaired) electrons. The second-order valence-corrected chi connectivity index (χ2v) is 7.77. The molecule has 0 spiro atoms. The summed E-state index contributed by atoms with van der Waals surface area (Å²) >= 11 is 0. The molecular weight excluding hydrogens is 310 g/mol. The first-order chi connectivity index (χ1) is 12.0. The molecule has 0 saturated heterocycles. The van der Waals surface area contributed by atoms with Crippen LogP contribution in [0.3, 0.4) is 0 Å². The van der Waals surface area contributed by atoms with Crippen LogP contribution in [0.15, 0.2) is 28.7 Å². The molecule has 1 heterocycles. The van der Waals surface area contributed by atoms with Crippen molar-refractivity contribution in [3.63, 3.8) is 0 Å². The minimum absolute atomic E-state index is 0.0339. The minimum atomic E-state index is 0.0339. The van der Waals surface area contributed by atoms with E-state index in [0.717, 1.165) is 5.92 Å². The number of nitrogens with one attached hydrogen (secondary N) is 1. The van der Waals surface area contributed by atoms with Crippen LogP contribution >= 0.6 is 0 Å². The second-order valence-electron chi connectivity index (χ2n) is 7.77. The molecule has 0 aliphatic heterocycles. The predicted molar refractivity (Wildman–Crippen MR) is 100 cm³/mol. The molecule has 1 N–H and O–H groups in total. The van der Waals surface area contributed by atoms with Crippen LogP contribution in [-0.2, 0) is 0 Å². The van der Waals surface area contributed by atoms with Crippen molar-refractivity contribution in [3.8, 4) is 0 Å². The fourth-order valence-electron chi connectivity index (χ4n) is 3.91. The Balaban J connectivity index is 1.71. The normalized spacial score (nSPS) is 18.4. The molecule has 3 rings (SSSR count). The lowest BCUT2D eigenvalue weighted by atomic mass is 9.83. The first-order valence-electron chi connectivity index (χ1n) is 9.70. The van der Waals surface area contributed by atoms with E-state index in [4.69, 9.17) is 4.42 Å². The fourth-order valence-corrected chi connectivity index (χ4v) is 3.91. The zero-order valence-electron chi connectivity index (χ0n) is 16.0. The molecule has 1 aromatic heterocycles. The van der Waals surface area contributed by atoms with E-state index in [1.54, 1.807) is 0 Å². The van der Waals surface area contributed by atoms with Crippen molar-refractivity contribution in [1.29, 1.82) is 0 Å². The van der Waals surface area contributed by atoms with Gasteiger partial charge in [-0.15, -0.1) is 10.2 Å². The summed E-state index contributed by atoms with van der Waals surface area (Å²) in [5.41, 5.74) is 2.84. The van der Waals surface area contributed by atoms with E-state index in [1.807, 2.05) is 6.92 Å². The fraction of sp³-hybridized carbons (Fsp3) is 0.619. The van der Waals surface area contributed by atoms with E-state index < -0.39 is 0 Å². The van der Waals surface area contributed by atoms with Gasteiger partial charge in [0.15, 0.2) is 0 Å². The third-order valence-corrected chi connectivity index (χ3v) is 5.38. The van der Waals surface area contributed by atoms with Crippen LogP contribution < -0.4 is 5.32 Å². The van der Waals surface area contributed by atoms with Gasteiger partial charge in [0.05, 0.1) is 6.04 Å². The number of hydrogen-bond donors (Lipinski definition) is 1. The van der Waals surface area contributed by atoms with Gasteiger partial charge in [0.2, 0.25) is 11.8 Å². The molecule has 1 fully saturated rings. The molecule has 4 nitrogen and oxygen atoms in total. The molecule has 136 valence electrons. The molecule has 1 aromatic carbocycles. The molecule has 1 saturated carbocycles. The first kappa shape index (κ1) is 18.1. The minimum Gasteiger partial charge on any atom is -0.424 e. The standard InChI is InChI=1S/C21H31N3O/c1-14(2)20(22-15(3)21-24-23-16(4)25-21)19-12-10-18(11-13-19)17-8-6-5-7-9-17/h10-15,17,20,22H,5-9H2,1-4H3/t15-,20+/m1/s1. The van der Waals surface area contributed by atoms with Crippen LogP contribution in [0.2, 0.25) is 0 Å². The summed E-state index contributed by atoms with van der Waals surface area (Å²) in [4.78, 5) is 0. The van der Waals surface area contributed by atoms with Crippen molar-refractivity contribution in [2.45, 2.75) is 77.8 Å². The smallest absolute Gasteiger partial charge is 0.233 e. The van der Waals surface area contributed by atoms with Crippen molar-refractivity contribution in [2.75, 3.05) is 0 Å². The lowest BCUT2D eigenvalue weighted by molar-refractivity contribution is 0.329. The van der Waals surface area contributed by atoms with Gasteiger partial charge in [-0.05, 0) is 42.7 Å². The summed E-state index contributed by atoms with van der Waals surface area (Å²) in [5, 5.41) is 11.8. The van der Waals surface area contributed by atoms with Gasteiger partial charge in [-0.2, -0.15) is 0 Å². The van der Waals surface area contributed by atoms with Gasteiger partial charge in [0, 0.05) is 13.0 Å². The van der Waals surface area contributed by atoms with E-state index >= 15 is 0 Å². The highest BCUT2D eigenvalue weighted by atomic mass is 16.4. The molecule has 2 aromatic rings. The van der Waals surface area contributed by atoms with Crippen LogP contribution in [0.1, 0.15) is 93.8 Å². The second kappa shape index (κ2) is 8.13. The highest BCUT2D eigenvalue weighted by molar-refractivity contribution is 5.28. The summed E-state index contributed by atoms with van der Waals surface area (Å²) in [6, 6.07) is 9.57. The van der Waals surface area contributed by atoms with Gasteiger partial charge in [0.25, 0.3) is 0 Å². The van der Waals surface area contributed by atoms with Crippen molar-refractivity contribution in [3.05, 3.63) is 47.2 Å². The number of aryl methyl sites for hydroxylation is 1. The van der Waals surface area contributed by atoms with Crippen molar-refractivity contribution in [2.24, 2.45) is 5.92 Å². The molecule has 1 aliphatic rings. The maximum Gasteiger partial charge on any atom is 0.233 e. The van der Waals surface area contributed by atoms with Gasteiger partial charge in [-0.3, -0.25) is 5.32 Å². The van der Waals surface area contributed by atoms with Crippen molar-refractivity contribution >= 4 is 0 Å². The van der Waals surface area contributed by atoms with Crippen LogP contribution in [0.25, 0.3) is 0 Å². The lowest BCUT2D eigenvalue weighted by Gasteiger charge is -2.27. The van der Waals surface area contributed by atoms with Gasteiger partial charge in [-0.25, -0.2) is 0 Å². The summed E-state index contributed by atoms with van der Waals surface area (Å²) in [6.07, 6.45) is 6.85. The Labute approximate surface area is 151 Å². The zero-order chi connectivity index (χ0) is 17.8. The van der Waals surface area contributed by atoms with E-state index in [2.05, 4.69) is 60.6 Å². The number of hydrogen-bond acceptors (Lipinski definition) is 4. The van der Waals surface area contributed by atoms with Crippen molar-refractivity contribution < 1.29 is 4.42 Å². The predicted octanol–water partition coefficient (Wildman–Crippen LogP) is 5.47. The highest BCUT2D eigenvalue weighted by Crippen LogP contribution is 2.34. The van der Waals surface area contributed by atoms with Gasteiger partial charge >= 0.3 is 0 Å². The third kappa shape index (κ3) is 4.49. The molecular formula is C21H31N3O. The average molecular weight is 341 g/mol. The van der Waals surface area contributed by atoms with Gasteiger partial charge < -0.3 is 4.42 Å². The summed E-state index contributed by atoms with van der Waals surface area (Å²) in [7, 11) is 0. The Hall–Kier alpha value is -1.68. The van der Waals surface area contributed by atoms with Crippen molar-refractivity contribution in [1.82, 2.24) is 15.5 Å². The monoisotopic (exact) mass is 341 g/mol. The topological polar surface area (TPSA) is 51.0 Å². The average Bonchev–Trinajstić information content (AvgIpc) is 3.07. The van der Waals surface area contributed by atoms with Crippen LogP contribution in [0, 0.1) is 12.8 Å². The summed E-state index contributed by atoms with van der Waals surface area (Å²) < 4.78 is 5.58. The number of rotatable bonds is 6. The van der Waals surface area contributed by atoms with E-state index in [-0.39, 0.29) is 12.1 Å². The molecule has 0 unspecified atom stereocenters. The molecule has 0 bridgehead atoms. The van der Waals surface area contributed by atoms with Crippen LogP contribution in [0.5, 0.6) is 0 Å². The highest BCUT2D eigenvalue weighted by Gasteiger charge is 2.22. The zero-order valence-corrected chi connectivity index (χ0v) is 16.0. The molecule has 0 amide bonds. The van der Waals surface area contributed by atoms with E-state index in [9.17, 15) is 0 Å². The Morgan fingerprint density at radius 2 is 1.68 bits per heavy atom. The molecule has 1 aliphatic carbocycles. The van der Waals surface area contributed by atoms with Gasteiger partial charge in [-0.1, -0.05) is 57.4 Å². The first-order valence-corrected chi connectivity index (χ1v) is 9.70. The quantitative estimate of drug-likeness (QED) is 0.756. The third-order valence-electron chi connectivity index (χ3n) is 5.38.